The zero-order valence-electron chi connectivity index (χ0n) is 12.8. The number of carbonyl (C=O) groups is 1. The van der Waals surface area contributed by atoms with Crippen molar-refractivity contribution in [3.63, 3.8) is 0 Å². The smallest absolute Gasteiger partial charge is 0.246 e. The van der Waals surface area contributed by atoms with E-state index in [4.69, 9.17) is 0 Å². The molecule has 0 spiro atoms. The maximum atomic E-state index is 12.2. The average molecular weight is 339 g/mol. The lowest BCUT2D eigenvalue weighted by molar-refractivity contribution is -0.118. The van der Waals surface area contributed by atoms with E-state index in [9.17, 15) is 4.79 Å². The Bertz CT molecular complexity index is 532. The fourth-order valence-corrected chi connectivity index (χ4v) is 3.52. The first kappa shape index (κ1) is 15.5. The van der Waals surface area contributed by atoms with Gasteiger partial charge in [0.2, 0.25) is 5.91 Å². The fourth-order valence-electron chi connectivity index (χ4n) is 3.14. The van der Waals surface area contributed by atoms with Crippen molar-refractivity contribution in [1.82, 2.24) is 5.32 Å². The Labute approximate surface area is 129 Å². The summed E-state index contributed by atoms with van der Waals surface area (Å²) in [5, 5.41) is 6.45. The minimum Gasteiger partial charge on any atom is -0.324 e. The Kier molecular flexibility index (Phi) is 4.00. The van der Waals surface area contributed by atoms with Gasteiger partial charge >= 0.3 is 0 Å². The highest BCUT2D eigenvalue weighted by Crippen LogP contribution is 2.36. The Hall–Kier alpha value is -0.870. The third-order valence-corrected chi connectivity index (χ3v) is 3.85. The zero-order valence-corrected chi connectivity index (χ0v) is 14.4. The van der Waals surface area contributed by atoms with E-state index in [1.54, 1.807) is 0 Å². The van der Waals surface area contributed by atoms with Crippen LogP contribution < -0.4 is 10.6 Å². The molecule has 3 nitrogen and oxygen atoms in total. The lowest BCUT2D eigenvalue weighted by Crippen LogP contribution is -2.46. The summed E-state index contributed by atoms with van der Waals surface area (Å²) in [6.07, 6.45) is 0.993. The number of fused-ring (bicyclic) bond motifs is 1. The molecule has 4 heteroatoms. The van der Waals surface area contributed by atoms with Crippen LogP contribution in [0.25, 0.3) is 0 Å². The summed E-state index contributed by atoms with van der Waals surface area (Å²) in [4.78, 5) is 12.2. The minimum atomic E-state index is -0.278. The third-order valence-electron chi connectivity index (χ3n) is 3.35. The van der Waals surface area contributed by atoms with Crippen molar-refractivity contribution in [2.45, 2.75) is 52.6 Å². The molecular weight excluding hydrogens is 316 g/mol. The fraction of sp³-hybridized carbons (Fsp3) is 0.562. The average Bonchev–Trinajstić information content (AvgIpc) is 2.52. The van der Waals surface area contributed by atoms with Crippen molar-refractivity contribution in [3.05, 3.63) is 28.2 Å². The number of amides is 1. The molecule has 1 aliphatic heterocycles. The second-order valence-corrected chi connectivity index (χ2v) is 8.34. The molecule has 20 heavy (non-hydrogen) atoms. The number of anilines is 1. The Morgan fingerprint density at radius 1 is 1.25 bits per heavy atom. The molecular formula is C16H23BrN2O. The van der Waals surface area contributed by atoms with Crippen LogP contribution in [0.1, 0.15) is 52.6 Å². The first-order chi connectivity index (χ1) is 9.07. The number of halogens is 1. The number of benzene rings is 1. The van der Waals surface area contributed by atoms with E-state index >= 15 is 0 Å². The van der Waals surface area contributed by atoms with Crippen LogP contribution in [0.3, 0.4) is 0 Å². The highest BCUT2D eigenvalue weighted by molar-refractivity contribution is 9.10. The molecule has 0 bridgehead atoms. The van der Waals surface area contributed by atoms with Gasteiger partial charge in [-0.2, -0.15) is 0 Å². The highest BCUT2D eigenvalue weighted by atomic mass is 79.9. The predicted molar refractivity (Wildman–Crippen MR) is 86.8 cm³/mol. The van der Waals surface area contributed by atoms with Crippen molar-refractivity contribution < 1.29 is 4.79 Å². The summed E-state index contributed by atoms with van der Waals surface area (Å²) in [7, 11) is 0. The SMILES string of the molecule is CC(C)(C)CC(C)(C)NC1C(=O)Nc2ccc(Br)cc21. The Morgan fingerprint density at radius 2 is 1.90 bits per heavy atom. The maximum Gasteiger partial charge on any atom is 0.246 e. The van der Waals surface area contributed by atoms with E-state index < -0.39 is 0 Å². The van der Waals surface area contributed by atoms with Crippen LogP contribution in [0, 0.1) is 5.41 Å². The van der Waals surface area contributed by atoms with Gasteiger partial charge in [-0.3, -0.25) is 10.1 Å². The molecule has 0 aliphatic carbocycles. The van der Waals surface area contributed by atoms with Crippen molar-refractivity contribution in [2.24, 2.45) is 5.41 Å². The molecule has 1 aliphatic rings. The molecule has 1 aromatic carbocycles. The number of hydrogen-bond acceptors (Lipinski definition) is 2. The van der Waals surface area contributed by atoms with Crippen molar-refractivity contribution in [1.29, 1.82) is 0 Å². The quantitative estimate of drug-likeness (QED) is 0.865. The minimum absolute atomic E-state index is 0.0279. The Morgan fingerprint density at radius 3 is 2.50 bits per heavy atom. The van der Waals surface area contributed by atoms with Gasteiger partial charge in [0, 0.05) is 21.3 Å². The first-order valence-corrected chi connectivity index (χ1v) is 7.75. The molecule has 1 atom stereocenters. The maximum absolute atomic E-state index is 12.2. The van der Waals surface area contributed by atoms with Crippen molar-refractivity contribution >= 4 is 27.5 Å². The Balaban J connectivity index is 2.22. The number of carbonyl (C=O) groups excluding carboxylic acids is 1. The lowest BCUT2D eigenvalue weighted by Gasteiger charge is -2.35. The molecule has 1 unspecified atom stereocenters. The second-order valence-electron chi connectivity index (χ2n) is 7.42. The van der Waals surface area contributed by atoms with Crippen LogP contribution in [0.2, 0.25) is 0 Å². The van der Waals surface area contributed by atoms with E-state index in [2.05, 4.69) is 61.2 Å². The third kappa shape index (κ3) is 3.61. The van der Waals surface area contributed by atoms with Gasteiger partial charge in [-0.25, -0.2) is 0 Å². The number of rotatable bonds is 3. The molecule has 0 radical (unpaired) electrons. The van der Waals surface area contributed by atoms with Crippen LogP contribution in [-0.2, 0) is 4.79 Å². The standard InChI is InChI=1S/C16H23BrN2O/c1-15(2,3)9-16(4,5)19-13-11-8-10(17)6-7-12(11)18-14(13)20/h6-8,13,19H,9H2,1-5H3,(H,18,20). The largest absolute Gasteiger partial charge is 0.324 e. The summed E-state index contributed by atoms with van der Waals surface area (Å²) >= 11 is 3.47. The van der Waals surface area contributed by atoms with Crippen LogP contribution >= 0.6 is 15.9 Å². The molecule has 2 rings (SSSR count). The van der Waals surface area contributed by atoms with E-state index in [0.717, 1.165) is 22.1 Å². The highest BCUT2D eigenvalue weighted by Gasteiger charge is 2.36. The first-order valence-electron chi connectivity index (χ1n) is 6.95. The number of hydrogen-bond donors (Lipinski definition) is 2. The normalized spacial score (nSPS) is 18.9. The van der Waals surface area contributed by atoms with Crippen LogP contribution in [0.15, 0.2) is 22.7 Å². The molecule has 0 saturated heterocycles. The van der Waals surface area contributed by atoms with E-state index in [1.807, 2.05) is 18.2 Å². The summed E-state index contributed by atoms with van der Waals surface area (Å²) < 4.78 is 0.994. The van der Waals surface area contributed by atoms with Crippen molar-refractivity contribution in [3.8, 4) is 0 Å². The van der Waals surface area contributed by atoms with Gasteiger partial charge in [0.25, 0.3) is 0 Å². The summed E-state index contributed by atoms with van der Waals surface area (Å²) in [5.74, 6) is 0.0279. The van der Waals surface area contributed by atoms with Gasteiger partial charge in [0.15, 0.2) is 0 Å². The van der Waals surface area contributed by atoms with E-state index in [0.29, 0.717) is 0 Å². The predicted octanol–water partition coefficient (Wildman–Crippen LogP) is 4.25. The van der Waals surface area contributed by atoms with E-state index in [-0.39, 0.29) is 22.9 Å². The molecule has 1 amide bonds. The van der Waals surface area contributed by atoms with Crippen LogP contribution in [-0.4, -0.2) is 11.4 Å². The molecule has 2 N–H and O–H groups in total. The summed E-state index contributed by atoms with van der Waals surface area (Å²) in [5.41, 5.74) is 2.03. The molecule has 1 heterocycles. The second kappa shape index (κ2) is 5.15. The van der Waals surface area contributed by atoms with E-state index in [1.165, 1.54) is 0 Å². The van der Waals surface area contributed by atoms with Crippen LogP contribution in [0.4, 0.5) is 5.69 Å². The van der Waals surface area contributed by atoms with Crippen LogP contribution in [0.5, 0.6) is 0 Å². The van der Waals surface area contributed by atoms with Gasteiger partial charge in [0.05, 0.1) is 0 Å². The van der Waals surface area contributed by atoms with Gasteiger partial charge in [0.1, 0.15) is 6.04 Å². The molecule has 0 fully saturated rings. The molecule has 110 valence electrons. The van der Waals surface area contributed by atoms with Gasteiger partial charge < -0.3 is 5.32 Å². The summed E-state index contributed by atoms with van der Waals surface area (Å²) in [6.45, 7) is 11.0. The molecule has 0 aromatic heterocycles. The molecule has 0 saturated carbocycles. The van der Waals surface area contributed by atoms with Crippen molar-refractivity contribution in [2.75, 3.05) is 5.32 Å². The zero-order chi connectivity index (χ0) is 15.1. The summed E-state index contributed by atoms with van der Waals surface area (Å²) in [6, 6.07) is 5.62. The van der Waals surface area contributed by atoms with Gasteiger partial charge in [-0.15, -0.1) is 0 Å². The topological polar surface area (TPSA) is 41.1 Å². The molecule has 1 aromatic rings. The van der Waals surface area contributed by atoms with Gasteiger partial charge in [-0.05, 0) is 43.9 Å². The van der Waals surface area contributed by atoms with Gasteiger partial charge in [-0.1, -0.05) is 36.7 Å². The number of nitrogens with one attached hydrogen (secondary N) is 2. The lowest BCUT2D eigenvalue weighted by atomic mass is 9.81. The monoisotopic (exact) mass is 338 g/mol.